The van der Waals surface area contributed by atoms with Gasteiger partial charge >= 0.3 is 0 Å². The van der Waals surface area contributed by atoms with Crippen LogP contribution in [0.4, 0.5) is 17.2 Å². The van der Waals surface area contributed by atoms with E-state index in [2.05, 4.69) is 169 Å². The number of anilines is 3. The van der Waals surface area contributed by atoms with Crippen molar-refractivity contribution in [1.29, 1.82) is 0 Å². The van der Waals surface area contributed by atoms with E-state index in [4.69, 9.17) is 4.98 Å². The molecule has 0 aliphatic rings. The second-order valence-corrected chi connectivity index (χ2v) is 10.8. The molecule has 0 radical (unpaired) electrons. The molecule has 0 atom stereocenters. The van der Waals surface area contributed by atoms with Gasteiger partial charge in [0, 0.05) is 22.0 Å². The summed E-state index contributed by atoms with van der Waals surface area (Å²) in [5.74, 6) is 0.876. The molecule has 7 aromatic carbocycles. The Morgan fingerprint density at radius 1 is 0.395 bits per heavy atom. The number of hydrogen-bond donors (Lipinski definition) is 0. The van der Waals surface area contributed by atoms with Gasteiger partial charge in [-0.05, 0) is 56.9 Å². The summed E-state index contributed by atoms with van der Waals surface area (Å²) < 4.78 is 0. The average molecular weight is 549 g/mol. The van der Waals surface area contributed by atoms with Crippen LogP contribution in [-0.2, 0) is 0 Å². The van der Waals surface area contributed by atoms with Crippen molar-refractivity contribution in [3.8, 4) is 22.4 Å². The molecule has 0 spiro atoms. The highest BCUT2D eigenvalue weighted by Gasteiger charge is 2.23. The van der Waals surface area contributed by atoms with Gasteiger partial charge in [-0.15, -0.1) is 0 Å². The smallest absolute Gasteiger partial charge is 0.138 e. The Hall–Kier alpha value is -5.73. The monoisotopic (exact) mass is 548 g/mol. The zero-order chi connectivity index (χ0) is 28.6. The molecule has 0 saturated heterocycles. The molecule has 2 nitrogen and oxygen atoms in total. The fourth-order valence-corrected chi connectivity index (χ4v) is 6.35. The van der Waals surface area contributed by atoms with Gasteiger partial charge in [0.2, 0.25) is 0 Å². The molecule has 0 fully saturated rings. The van der Waals surface area contributed by atoms with Crippen LogP contribution in [0.5, 0.6) is 0 Å². The maximum absolute atomic E-state index is 5.26. The third-order valence-corrected chi connectivity index (χ3v) is 8.23. The Labute approximate surface area is 251 Å². The number of pyridine rings is 1. The van der Waals surface area contributed by atoms with Crippen molar-refractivity contribution in [1.82, 2.24) is 4.98 Å². The highest BCUT2D eigenvalue weighted by molar-refractivity contribution is 6.24. The fraction of sp³-hybridized carbons (Fsp3) is 0. The molecule has 0 N–H and O–H groups in total. The lowest BCUT2D eigenvalue weighted by Crippen LogP contribution is -2.13. The van der Waals surface area contributed by atoms with Crippen molar-refractivity contribution in [2.24, 2.45) is 0 Å². The van der Waals surface area contributed by atoms with Crippen molar-refractivity contribution < 1.29 is 0 Å². The topological polar surface area (TPSA) is 16.1 Å². The second-order valence-electron chi connectivity index (χ2n) is 10.8. The molecule has 0 unspecified atom stereocenters. The number of benzene rings is 7. The first-order valence-corrected chi connectivity index (χ1v) is 14.7. The van der Waals surface area contributed by atoms with E-state index in [0.717, 1.165) is 28.5 Å². The van der Waals surface area contributed by atoms with Crippen molar-refractivity contribution in [2.45, 2.75) is 0 Å². The standard InChI is InChI=1S/C41H28N2/c1-3-16-30(17-4-1)38-27-14-28-39(42-38)43(31-19-5-2-6-20-31)41-36-24-11-9-22-34(36)40(35-23-10-12-25-37(35)41)33-26-13-18-29-15-7-8-21-32(29)33/h1-28H. The van der Waals surface area contributed by atoms with Gasteiger partial charge in [-0.25, -0.2) is 4.98 Å². The maximum atomic E-state index is 5.26. The first kappa shape index (κ1) is 25.0. The van der Waals surface area contributed by atoms with Crippen LogP contribution in [0.15, 0.2) is 170 Å². The van der Waals surface area contributed by atoms with Gasteiger partial charge < -0.3 is 0 Å². The lowest BCUT2D eigenvalue weighted by molar-refractivity contribution is 1.20. The molecular formula is C41H28N2. The molecule has 43 heavy (non-hydrogen) atoms. The van der Waals surface area contributed by atoms with Crippen LogP contribution in [0.25, 0.3) is 54.7 Å². The molecule has 202 valence electrons. The van der Waals surface area contributed by atoms with Crippen molar-refractivity contribution in [3.05, 3.63) is 170 Å². The van der Waals surface area contributed by atoms with Crippen molar-refractivity contribution >= 4 is 49.5 Å². The van der Waals surface area contributed by atoms with E-state index >= 15 is 0 Å². The number of nitrogens with zero attached hydrogens (tertiary/aromatic N) is 2. The highest BCUT2D eigenvalue weighted by atomic mass is 15.2. The molecule has 2 heteroatoms. The van der Waals surface area contributed by atoms with Crippen LogP contribution < -0.4 is 4.90 Å². The zero-order valence-electron chi connectivity index (χ0n) is 23.6. The predicted molar refractivity (Wildman–Crippen MR) is 182 cm³/mol. The summed E-state index contributed by atoms with van der Waals surface area (Å²) in [7, 11) is 0. The van der Waals surface area contributed by atoms with E-state index in [-0.39, 0.29) is 0 Å². The first-order chi connectivity index (χ1) is 21.4. The molecule has 0 aliphatic heterocycles. The fourth-order valence-electron chi connectivity index (χ4n) is 6.35. The summed E-state index contributed by atoms with van der Waals surface area (Å²) in [4.78, 5) is 7.58. The van der Waals surface area contributed by atoms with E-state index in [0.29, 0.717) is 0 Å². The predicted octanol–water partition coefficient (Wildman–Crippen LogP) is 11.3. The normalized spacial score (nSPS) is 11.3. The van der Waals surface area contributed by atoms with Crippen LogP contribution in [0.3, 0.4) is 0 Å². The number of hydrogen-bond acceptors (Lipinski definition) is 2. The summed E-state index contributed by atoms with van der Waals surface area (Å²) in [6.45, 7) is 0. The number of aromatic nitrogens is 1. The number of rotatable bonds is 5. The summed E-state index contributed by atoms with van der Waals surface area (Å²) >= 11 is 0. The van der Waals surface area contributed by atoms with Crippen molar-refractivity contribution in [3.63, 3.8) is 0 Å². The number of para-hydroxylation sites is 1. The Balaban J connectivity index is 1.48. The van der Waals surface area contributed by atoms with Gasteiger partial charge in [0.05, 0.1) is 11.4 Å². The molecular weight excluding hydrogens is 520 g/mol. The van der Waals surface area contributed by atoms with Gasteiger partial charge in [0.15, 0.2) is 0 Å². The Kier molecular flexibility index (Phi) is 6.16. The second kappa shape index (κ2) is 10.6. The van der Waals surface area contributed by atoms with Crippen LogP contribution in [0.1, 0.15) is 0 Å². The SMILES string of the molecule is c1ccc(-c2cccc(N(c3ccccc3)c3c4ccccc4c(-c4cccc5ccccc45)c4ccccc34)n2)cc1. The van der Waals surface area contributed by atoms with Crippen LogP contribution >= 0.6 is 0 Å². The minimum atomic E-state index is 0.876. The molecule has 1 heterocycles. The van der Waals surface area contributed by atoms with Crippen LogP contribution in [0.2, 0.25) is 0 Å². The van der Waals surface area contributed by atoms with Gasteiger partial charge in [-0.2, -0.15) is 0 Å². The lowest BCUT2D eigenvalue weighted by Gasteiger charge is -2.29. The van der Waals surface area contributed by atoms with Crippen LogP contribution in [0, 0.1) is 0 Å². The van der Waals surface area contributed by atoms with Gasteiger partial charge in [-0.1, -0.05) is 146 Å². The van der Waals surface area contributed by atoms with E-state index in [1.54, 1.807) is 0 Å². The molecule has 8 rings (SSSR count). The van der Waals surface area contributed by atoms with E-state index in [1.807, 2.05) is 6.07 Å². The zero-order valence-corrected chi connectivity index (χ0v) is 23.6. The molecule has 0 aliphatic carbocycles. The van der Waals surface area contributed by atoms with Gasteiger partial charge in [-0.3, -0.25) is 4.90 Å². The molecule has 0 saturated carbocycles. The minimum Gasteiger partial charge on any atom is -0.294 e. The van der Waals surface area contributed by atoms with Gasteiger partial charge in [0.1, 0.15) is 5.82 Å². The van der Waals surface area contributed by atoms with Crippen LogP contribution in [-0.4, -0.2) is 4.98 Å². The van der Waals surface area contributed by atoms with Gasteiger partial charge in [0.25, 0.3) is 0 Å². The molecule has 0 amide bonds. The Morgan fingerprint density at radius 3 is 1.63 bits per heavy atom. The number of fused-ring (bicyclic) bond motifs is 3. The highest BCUT2D eigenvalue weighted by Crippen LogP contribution is 2.48. The summed E-state index contributed by atoms with van der Waals surface area (Å²) in [6.07, 6.45) is 0. The largest absolute Gasteiger partial charge is 0.294 e. The molecule has 0 bridgehead atoms. The Morgan fingerprint density at radius 2 is 0.930 bits per heavy atom. The molecule has 8 aromatic rings. The Bertz CT molecular complexity index is 2180. The maximum Gasteiger partial charge on any atom is 0.138 e. The van der Waals surface area contributed by atoms with Crippen molar-refractivity contribution in [2.75, 3.05) is 4.90 Å². The first-order valence-electron chi connectivity index (χ1n) is 14.7. The van der Waals surface area contributed by atoms with E-state index < -0.39 is 0 Å². The quantitative estimate of drug-likeness (QED) is 0.199. The third-order valence-electron chi connectivity index (χ3n) is 8.23. The average Bonchev–Trinajstić information content (AvgIpc) is 3.09. The van der Waals surface area contributed by atoms with E-state index in [9.17, 15) is 0 Å². The minimum absolute atomic E-state index is 0.876. The lowest BCUT2D eigenvalue weighted by atomic mass is 9.88. The summed E-state index contributed by atoms with van der Waals surface area (Å²) in [5, 5.41) is 7.29. The summed E-state index contributed by atoms with van der Waals surface area (Å²) in [6, 6.07) is 60.2. The van der Waals surface area contributed by atoms with E-state index in [1.165, 1.54) is 43.4 Å². The third kappa shape index (κ3) is 4.32. The summed E-state index contributed by atoms with van der Waals surface area (Å²) in [5.41, 5.74) is 6.73. The molecule has 1 aromatic heterocycles.